The van der Waals surface area contributed by atoms with Gasteiger partial charge in [0.2, 0.25) is 5.91 Å². The molecule has 0 saturated carbocycles. The van der Waals surface area contributed by atoms with Crippen molar-refractivity contribution in [3.63, 3.8) is 0 Å². The average molecular weight is 278 g/mol. The maximum Gasteiger partial charge on any atom is 0.305 e. The molecule has 0 bridgehead atoms. The Balaban J connectivity index is 1.96. The summed E-state index contributed by atoms with van der Waals surface area (Å²) in [6.07, 6.45) is 4.53. The molecular weight excluding hydrogens is 268 g/mol. The molecule has 1 aliphatic heterocycles. The summed E-state index contributed by atoms with van der Waals surface area (Å²) in [5, 5.41) is 18.4. The third kappa shape index (κ3) is 3.88. The first-order valence-electron chi connectivity index (χ1n) is 5.35. The van der Waals surface area contributed by atoms with Crippen molar-refractivity contribution in [1.29, 1.82) is 0 Å². The number of pyridine rings is 1. The third-order valence-electron chi connectivity index (χ3n) is 2.18. The van der Waals surface area contributed by atoms with Gasteiger partial charge in [0, 0.05) is 18.0 Å². The fourth-order valence-corrected chi connectivity index (χ4v) is 2.26. The van der Waals surface area contributed by atoms with E-state index in [0.717, 1.165) is 17.3 Å². The predicted octanol–water partition coefficient (Wildman–Crippen LogP) is 0.478. The van der Waals surface area contributed by atoms with Crippen LogP contribution < -0.4 is 5.32 Å². The molecule has 0 unspecified atom stereocenters. The van der Waals surface area contributed by atoms with Crippen molar-refractivity contribution >= 4 is 35.0 Å². The summed E-state index contributed by atoms with van der Waals surface area (Å²) in [6, 6.07) is 3.58. The molecule has 1 aromatic heterocycles. The van der Waals surface area contributed by atoms with Gasteiger partial charge >= 0.3 is 5.97 Å². The van der Waals surface area contributed by atoms with E-state index in [-0.39, 0.29) is 12.3 Å². The van der Waals surface area contributed by atoms with Crippen LogP contribution in [0, 0.1) is 0 Å². The van der Waals surface area contributed by atoms with Gasteiger partial charge in [-0.1, -0.05) is 17.8 Å². The number of hydrogen-bond donors (Lipinski definition) is 2. The van der Waals surface area contributed by atoms with E-state index in [1.807, 2.05) is 6.07 Å². The Morgan fingerprint density at radius 1 is 1.63 bits per heavy atom. The number of aliphatic carboxylic acids is 1. The molecule has 0 aliphatic carbocycles. The number of carbonyl (C=O) groups is 2. The summed E-state index contributed by atoms with van der Waals surface area (Å²) in [5.41, 5.74) is 0.781. The molecule has 1 aliphatic rings. The molecule has 1 aromatic rings. The number of carbonyl (C=O) groups excluding carboxylic acids is 1. The van der Waals surface area contributed by atoms with Crippen LogP contribution in [0.2, 0.25) is 0 Å². The number of nitrogens with one attached hydrogen (secondary N) is 1. The average Bonchev–Trinajstić information content (AvgIpc) is 2.70. The van der Waals surface area contributed by atoms with Crippen LogP contribution in [0.3, 0.4) is 0 Å². The number of amidine groups is 1. The minimum Gasteiger partial charge on any atom is -0.481 e. The minimum atomic E-state index is -1.02. The number of carboxylic acid groups (broad SMARTS) is 1. The van der Waals surface area contributed by atoms with E-state index in [1.165, 1.54) is 6.21 Å². The van der Waals surface area contributed by atoms with E-state index in [4.69, 9.17) is 5.11 Å². The van der Waals surface area contributed by atoms with Gasteiger partial charge in [-0.05, 0) is 6.07 Å². The first-order chi connectivity index (χ1) is 9.15. The molecule has 0 radical (unpaired) electrons. The van der Waals surface area contributed by atoms with Gasteiger partial charge < -0.3 is 10.4 Å². The topological polar surface area (TPSA) is 104 Å². The second-order valence-corrected chi connectivity index (χ2v) is 4.82. The van der Waals surface area contributed by atoms with Crippen LogP contribution in [0.4, 0.5) is 0 Å². The van der Waals surface area contributed by atoms with Crippen LogP contribution in [0.25, 0.3) is 0 Å². The van der Waals surface area contributed by atoms with Gasteiger partial charge in [-0.2, -0.15) is 5.10 Å². The Kier molecular flexibility index (Phi) is 4.24. The van der Waals surface area contributed by atoms with Gasteiger partial charge in [-0.25, -0.2) is 0 Å². The smallest absolute Gasteiger partial charge is 0.305 e. The number of aromatic nitrogens is 1. The summed E-state index contributed by atoms with van der Waals surface area (Å²) in [7, 11) is 0. The normalized spacial score (nSPS) is 20.9. The van der Waals surface area contributed by atoms with Gasteiger partial charge in [-0.15, -0.1) is 5.10 Å². The van der Waals surface area contributed by atoms with Crippen molar-refractivity contribution in [2.45, 2.75) is 11.7 Å². The van der Waals surface area contributed by atoms with Crippen LogP contribution in [0.1, 0.15) is 12.0 Å². The fourth-order valence-electron chi connectivity index (χ4n) is 1.35. The molecule has 2 N–H and O–H groups in total. The number of nitrogens with zero attached hydrogens (tertiary/aromatic N) is 3. The second-order valence-electron chi connectivity index (χ2n) is 3.63. The lowest BCUT2D eigenvalue weighted by Gasteiger charge is -1.97. The number of rotatable bonds is 4. The standard InChI is InChI=1S/C11H10N4O3S/c16-9(17)4-8-10(18)14-11(19-8)15-13-6-7-2-1-3-12-5-7/h1-3,5-6,8H,4H2,(H,16,17)(H,14,15,18)/t8-/m0/s1. The van der Waals surface area contributed by atoms with Gasteiger partial charge in [0.15, 0.2) is 5.17 Å². The lowest BCUT2D eigenvalue weighted by molar-refractivity contribution is -0.138. The SMILES string of the molecule is O=C(O)C[C@@H]1S/C(=N\N=Cc2cccnc2)NC1=O. The zero-order chi connectivity index (χ0) is 13.7. The first kappa shape index (κ1) is 13.2. The van der Waals surface area contributed by atoms with E-state index in [2.05, 4.69) is 20.5 Å². The highest BCUT2D eigenvalue weighted by Crippen LogP contribution is 2.22. The Labute approximate surface area is 112 Å². The van der Waals surface area contributed by atoms with Crippen molar-refractivity contribution in [1.82, 2.24) is 10.3 Å². The maximum absolute atomic E-state index is 11.4. The van der Waals surface area contributed by atoms with E-state index >= 15 is 0 Å². The number of carboxylic acids is 1. The molecule has 2 rings (SSSR count). The van der Waals surface area contributed by atoms with Gasteiger partial charge in [-0.3, -0.25) is 14.6 Å². The number of amides is 1. The highest BCUT2D eigenvalue weighted by atomic mass is 32.2. The van der Waals surface area contributed by atoms with Crippen molar-refractivity contribution < 1.29 is 14.7 Å². The molecule has 1 fully saturated rings. The summed E-state index contributed by atoms with van der Waals surface area (Å²) < 4.78 is 0. The van der Waals surface area contributed by atoms with Gasteiger partial charge in [0.1, 0.15) is 5.25 Å². The minimum absolute atomic E-state index is 0.234. The summed E-state index contributed by atoms with van der Waals surface area (Å²) in [5.74, 6) is -1.38. The largest absolute Gasteiger partial charge is 0.481 e. The molecule has 0 aromatic carbocycles. The highest BCUT2D eigenvalue weighted by Gasteiger charge is 2.32. The Bertz CT molecular complexity index is 544. The molecule has 1 saturated heterocycles. The third-order valence-corrected chi connectivity index (χ3v) is 3.25. The first-order valence-corrected chi connectivity index (χ1v) is 6.23. The molecule has 8 heteroatoms. The van der Waals surface area contributed by atoms with Crippen LogP contribution in [-0.4, -0.2) is 38.6 Å². The fraction of sp³-hybridized carbons (Fsp3) is 0.182. The Morgan fingerprint density at radius 2 is 2.47 bits per heavy atom. The zero-order valence-corrected chi connectivity index (χ0v) is 10.5. The van der Waals surface area contributed by atoms with Crippen molar-refractivity contribution in [2.24, 2.45) is 10.2 Å². The summed E-state index contributed by atoms with van der Waals surface area (Å²) in [6.45, 7) is 0. The Morgan fingerprint density at radius 3 is 3.16 bits per heavy atom. The maximum atomic E-state index is 11.4. The van der Waals surface area contributed by atoms with Gasteiger partial charge in [0.25, 0.3) is 0 Å². The lowest BCUT2D eigenvalue weighted by atomic mass is 10.3. The Hall–Kier alpha value is -2.22. The molecule has 1 atom stereocenters. The van der Waals surface area contributed by atoms with Crippen molar-refractivity contribution in [2.75, 3.05) is 0 Å². The molecule has 1 amide bonds. The lowest BCUT2D eigenvalue weighted by Crippen LogP contribution is -2.26. The van der Waals surface area contributed by atoms with Crippen molar-refractivity contribution in [3.05, 3.63) is 30.1 Å². The van der Waals surface area contributed by atoms with Crippen LogP contribution in [0.15, 0.2) is 34.7 Å². The summed E-state index contributed by atoms with van der Waals surface area (Å²) in [4.78, 5) is 25.9. The summed E-state index contributed by atoms with van der Waals surface area (Å²) >= 11 is 1.06. The molecule has 0 spiro atoms. The van der Waals surface area contributed by atoms with E-state index in [9.17, 15) is 9.59 Å². The van der Waals surface area contributed by atoms with E-state index < -0.39 is 11.2 Å². The molecule has 7 nitrogen and oxygen atoms in total. The quantitative estimate of drug-likeness (QED) is 0.615. The molecular formula is C11H10N4O3S. The van der Waals surface area contributed by atoms with E-state index in [1.54, 1.807) is 18.5 Å². The van der Waals surface area contributed by atoms with Crippen LogP contribution in [0.5, 0.6) is 0 Å². The van der Waals surface area contributed by atoms with Crippen LogP contribution >= 0.6 is 11.8 Å². The molecule has 19 heavy (non-hydrogen) atoms. The predicted molar refractivity (Wildman–Crippen MR) is 71.0 cm³/mol. The number of hydrogen-bond acceptors (Lipinski definition) is 6. The molecule has 98 valence electrons. The number of thioether (sulfide) groups is 1. The zero-order valence-electron chi connectivity index (χ0n) is 9.68. The highest BCUT2D eigenvalue weighted by molar-refractivity contribution is 8.15. The van der Waals surface area contributed by atoms with Crippen LogP contribution in [-0.2, 0) is 9.59 Å². The second kappa shape index (κ2) is 6.10. The molecule has 2 heterocycles. The van der Waals surface area contributed by atoms with E-state index in [0.29, 0.717) is 5.17 Å². The monoisotopic (exact) mass is 278 g/mol. The van der Waals surface area contributed by atoms with Crippen molar-refractivity contribution in [3.8, 4) is 0 Å². The van der Waals surface area contributed by atoms with Gasteiger partial charge in [0.05, 0.1) is 12.6 Å².